The second-order valence-electron chi connectivity index (χ2n) is 5.31. The normalized spacial score (nSPS) is 27.3. The van der Waals surface area contributed by atoms with Gasteiger partial charge in [-0.05, 0) is 12.8 Å². The summed E-state index contributed by atoms with van der Waals surface area (Å²) in [6.07, 6.45) is 2.36. The molecule has 17 heavy (non-hydrogen) atoms. The first-order chi connectivity index (χ1) is 8.34. The van der Waals surface area contributed by atoms with Crippen molar-refractivity contribution in [2.45, 2.75) is 18.9 Å². The van der Waals surface area contributed by atoms with Gasteiger partial charge in [0.05, 0.1) is 0 Å². The van der Waals surface area contributed by atoms with E-state index in [9.17, 15) is 4.79 Å². The maximum atomic E-state index is 12.2. The average Bonchev–Trinajstić information content (AvgIpc) is 2.80. The fourth-order valence-corrected chi connectivity index (χ4v) is 2.92. The van der Waals surface area contributed by atoms with E-state index in [0.29, 0.717) is 0 Å². The van der Waals surface area contributed by atoms with Crippen molar-refractivity contribution in [3.05, 3.63) is 0 Å². The Kier molecular flexibility index (Phi) is 3.20. The molecule has 3 saturated heterocycles. The Morgan fingerprint density at radius 2 is 1.47 bits per heavy atom. The zero-order valence-electron chi connectivity index (χ0n) is 10.4. The zero-order chi connectivity index (χ0) is 11.7. The highest BCUT2D eigenvalue weighted by atomic mass is 16.2. The first-order valence-electron chi connectivity index (χ1n) is 6.83. The van der Waals surface area contributed by atoms with Crippen molar-refractivity contribution in [3.63, 3.8) is 0 Å². The van der Waals surface area contributed by atoms with Gasteiger partial charge in [0.25, 0.3) is 0 Å². The summed E-state index contributed by atoms with van der Waals surface area (Å²) in [6.45, 7) is 8.09. The van der Waals surface area contributed by atoms with Crippen LogP contribution in [0.25, 0.3) is 0 Å². The van der Waals surface area contributed by atoms with Crippen molar-refractivity contribution in [1.82, 2.24) is 20.0 Å². The number of amides is 2. The third-order valence-corrected chi connectivity index (χ3v) is 4.24. The van der Waals surface area contributed by atoms with Gasteiger partial charge in [0.15, 0.2) is 0 Å². The van der Waals surface area contributed by atoms with E-state index in [1.165, 1.54) is 12.8 Å². The molecule has 1 N–H and O–H groups in total. The third-order valence-electron chi connectivity index (χ3n) is 4.24. The summed E-state index contributed by atoms with van der Waals surface area (Å²) in [5.41, 5.74) is 0. The lowest BCUT2D eigenvalue weighted by atomic mass is 10.1. The fraction of sp³-hybridized carbons (Fsp3) is 0.917. The maximum absolute atomic E-state index is 12.2. The lowest BCUT2D eigenvalue weighted by Gasteiger charge is -2.43. The molecule has 0 spiro atoms. The molecule has 0 bridgehead atoms. The molecule has 5 nitrogen and oxygen atoms in total. The molecule has 0 aromatic carbocycles. The number of hydrogen-bond donors (Lipinski definition) is 1. The minimum Gasteiger partial charge on any atom is -0.325 e. The molecule has 3 aliphatic rings. The molecule has 0 atom stereocenters. The summed E-state index contributed by atoms with van der Waals surface area (Å²) in [5, 5.41) is 3.31. The quantitative estimate of drug-likeness (QED) is 0.687. The predicted octanol–water partition coefficient (Wildman–Crippen LogP) is -0.208. The molecular formula is C12H22N4O. The van der Waals surface area contributed by atoms with Gasteiger partial charge < -0.3 is 15.1 Å². The van der Waals surface area contributed by atoms with E-state index in [4.69, 9.17) is 0 Å². The minimum atomic E-state index is 0.272. The Balaban J connectivity index is 1.48. The van der Waals surface area contributed by atoms with Crippen LogP contribution in [-0.2, 0) is 0 Å². The molecule has 3 heterocycles. The van der Waals surface area contributed by atoms with Gasteiger partial charge in [0.1, 0.15) is 0 Å². The molecule has 5 heteroatoms. The number of likely N-dealkylation sites (tertiary alicyclic amines) is 1. The van der Waals surface area contributed by atoms with E-state index in [1.54, 1.807) is 0 Å². The molecule has 96 valence electrons. The van der Waals surface area contributed by atoms with Gasteiger partial charge in [-0.25, -0.2) is 4.79 Å². The van der Waals surface area contributed by atoms with Crippen molar-refractivity contribution in [3.8, 4) is 0 Å². The predicted molar refractivity (Wildman–Crippen MR) is 66.0 cm³/mol. The lowest BCUT2D eigenvalue weighted by Crippen LogP contribution is -2.62. The van der Waals surface area contributed by atoms with E-state index in [2.05, 4.69) is 10.2 Å². The number of urea groups is 1. The Hall–Kier alpha value is -0.810. The second-order valence-corrected chi connectivity index (χ2v) is 5.31. The number of rotatable bonds is 1. The Labute approximate surface area is 103 Å². The van der Waals surface area contributed by atoms with Crippen LogP contribution >= 0.6 is 0 Å². The molecule has 3 rings (SSSR count). The van der Waals surface area contributed by atoms with Gasteiger partial charge in [-0.1, -0.05) is 0 Å². The molecule has 0 aliphatic carbocycles. The number of nitrogens with zero attached hydrogens (tertiary/aromatic N) is 3. The van der Waals surface area contributed by atoms with Gasteiger partial charge in [0.2, 0.25) is 0 Å². The standard InChI is InChI=1S/C12H22N4O/c17-12(15-3-1-2-4-15)16-7-5-14(6-8-16)11-9-13-10-11/h11,13H,1-10H2. The summed E-state index contributed by atoms with van der Waals surface area (Å²) in [5.74, 6) is 0. The van der Waals surface area contributed by atoms with Crippen LogP contribution in [0.5, 0.6) is 0 Å². The number of carbonyl (C=O) groups is 1. The topological polar surface area (TPSA) is 38.8 Å². The van der Waals surface area contributed by atoms with E-state index < -0.39 is 0 Å². The minimum absolute atomic E-state index is 0.272. The number of carbonyl (C=O) groups excluding carboxylic acids is 1. The molecule has 0 saturated carbocycles. The van der Waals surface area contributed by atoms with Gasteiger partial charge in [-0.3, -0.25) is 4.90 Å². The summed E-state index contributed by atoms with van der Waals surface area (Å²) in [6, 6.07) is 0.993. The summed E-state index contributed by atoms with van der Waals surface area (Å²) >= 11 is 0. The van der Waals surface area contributed by atoms with E-state index >= 15 is 0 Å². The molecular weight excluding hydrogens is 216 g/mol. The number of piperazine rings is 1. The lowest BCUT2D eigenvalue weighted by molar-refractivity contribution is 0.0753. The second kappa shape index (κ2) is 4.82. The van der Waals surface area contributed by atoms with Crippen molar-refractivity contribution < 1.29 is 4.79 Å². The molecule has 0 aromatic rings. The molecule has 3 fully saturated rings. The number of nitrogens with one attached hydrogen (secondary N) is 1. The van der Waals surface area contributed by atoms with Gasteiger partial charge in [-0.15, -0.1) is 0 Å². The molecule has 0 aromatic heterocycles. The Bertz CT molecular complexity index is 278. The van der Waals surface area contributed by atoms with Crippen LogP contribution in [0, 0.1) is 0 Å². The van der Waals surface area contributed by atoms with Crippen molar-refractivity contribution in [2.24, 2.45) is 0 Å². The summed E-state index contributed by atoms with van der Waals surface area (Å²) in [4.78, 5) is 18.7. The highest BCUT2D eigenvalue weighted by molar-refractivity contribution is 5.74. The maximum Gasteiger partial charge on any atom is 0.320 e. The Morgan fingerprint density at radius 1 is 0.882 bits per heavy atom. The number of hydrogen-bond acceptors (Lipinski definition) is 3. The Morgan fingerprint density at radius 3 is 2.00 bits per heavy atom. The smallest absolute Gasteiger partial charge is 0.320 e. The molecule has 0 radical (unpaired) electrons. The molecule has 2 amide bonds. The van der Waals surface area contributed by atoms with E-state index in [-0.39, 0.29) is 6.03 Å². The molecule has 0 unspecified atom stereocenters. The zero-order valence-corrected chi connectivity index (χ0v) is 10.4. The van der Waals surface area contributed by atoms with Crippen LogP contribution in [0.3, 0.4) is 0 Å². The van der Waals surface area contributed by atoms with Crippen LogP contribution in [-0.4, -0.2) is 79.1 Å². The van der Waals surface area contributed by atoms with E-state index in [1.807, 2.05) is 9.80 Å². The summed E-state index contributed by atoms with van der Waals surface area (Å²) < 4.78 is 0. The van der Waals surface area contributed by atoms with Crippen LogP contribution < -0.4 is 5.32 Å². The first kappa shape index (κ1) is 11.3. The van der Waals surface area contributed by atoms with Gasteiger partial charge in [0, 0.05) is 58.4 Å². The van der Waals surface area contributed by atoms with Crippen LogP contribution in [0.4, 0.5) is 4.79 Å². The monoisotopic (exact) mass is 238 g/mol. The highest BCUT2D eigenvalue weighted by Gasteiger charge is 2.31. The van der Waals surface area contributed by atoms with Crippen molar-refractivity contribution in [1.29, 1.82) is 0 Å². The molecule has 3 aliphatic heterocycles. The largest absolute Gasteiger partial charge is 0.325 e. The van der Waals surface area contributed by atoms with Crippen LogP contribution in [0.15, 0.2) is 0 Å². The average molecular weight is 238 g/mol. The van der Waals surface area contributed by atoms with Crippen molar-refractivity contribution >= 4 is 6.03 Å². The van der Waals surface area contributed by atoms with Gasteiger partial charge >= 0.3 is 6.03 Å². The highest BCUT2D eigenvalue weighted by Crippen LogP contribution is 2.14. The van der Waals surface area contributed by atoms with E-state index in [0.717, 1.165) is 58.4 Å². The summed E-state index contributed by atoms with van der Waals surface area (Å²) in [7, 11) is 0. The van der Waals surface area contributed by atoms with Crippen LogP contribution in [0.2, 0.25) is 0 Å². The first-order valence-corrected chi connectivity index (χ1v) is 6.83. The fourth-order valence-electron chi connectivity index (χ4n) is 2.92. The third kappa shape index (κ3) is 2.26. The van der Waals surface area contributed by atoms with Crippen LogP contribution in [0.1, 0.15) is 12.8 Å². The van der Waals surface area contributed by atoms with Crippen molar-refractivity contribution in [2.75, 3.05) is 52.4 Å². The van der Waals surface area contributed by atoms with Gasteiger partial charge in [-0.2, -0.15) is 0 Å². The SMILES string of the molecule is O=C(N1CCCC1)N1CCN(C2CNC2)CC1.